The zero-order chi connectivity index (χ0) is 13.7. The smallest absolute Gasteiger partial charge is 0.214 e. The van der Waals surface area contributed by atoms with Crippen molar-refractivity contribution in [1.29, 1.82) is 0 Å². The summed E-state index contributed by atoms with van der Waals surface area (Å²) in [5.41, 5.74) is 1.76. The fourth-order valence-electron chi connectivity index (χ4n) is 1.63. The van der Waals surface area contributed by atoms with Crippen LogP contribution in [0.3, 0.4) is 0 Å². The predicted molar refractivity (Wildman–Crippen MR) is 69.7 cm³/mol. The summed E-state index contributed by atoms with van der Waals surface area (Å²) in [6.07, 6.45) is 0.406. The van der Waals surface area contributed by atoms with Gasteiger partial charge in [0, 0.05) is 13.0 Å². The van der Waals surface area contributed by atoms with Crippen LogP contribution in [0.15, 0.2) is 24.3 Å². The SMILES string of the molecule is Cc1ccccc1CS(=O)(=O)NCCc1nn[nH]n1. The van der Waals surface area contributed by atoms with Gasteiger partial charge in [-0.1, -0.05) is 29.5 Å². The molecule has 102 valence electrons. The lowest BCUT2D eigenvalue weighted by Crippen LogP contribution is -2.27. The van der Waals surface area contributed by atoms with Crippen molar-refractivity contribution in [2.45, 2.75) is 19.1 Å². The average Bonchev–Trinajstić information content (AvgIpc) is 2.85. The number of tetrazole rings is 1. The van der Waals surface area contributed by atoms with E-state index in [0.29, 0.717) is 12.2 Å². The number of benzene rings is 1. The third-order valence-electron chi connectivity index (χ3n) is 2.67. The molecule has 0 spiro atoms. The Morgan fingerprint density at radius 1 is 1.32 bits per heavy atom. The monoisotopic (exact) mass is 281 g/mol. The van der Waals surface area contributed by atoms with Gasteiger partial charge in [0.2, 0.25) is 10.0 Å². The minimum absolute atomic E-state index is 0.0219. The molecule has 0 atom stereocenters. The second-order valence-corrected chi connectivity index (χ2v) is 5.96. The largest absolute Gasteiger partial charge is 0.215 e. The first-order valence-corrected chi connectivity index (χ1v) is 7.46. The number of aryl methyl sites for hydroxylation is 1. The van der Waals surface area contributed by atoms with Crippen LogP contribution in [0.4, 0.5) is 0 Å². The van der Waals surface area contributed by atoms with Gasteiger partial charge in [0.05, 0.1) is 5.75 Å². The number of hydrogen-bond acceptors (Lipinski definition) is 5. The molecule has 19 heavy (non-hydrogen) atoms. The Labute approximate surface area is 111 Å². The van der Waals surface area contributed by atoms with Crippen molar-refractivity contribution in [1.82, 2.24) is 25.3 Å². The zero-order valence-electron chi connectivity index (χ0n) is 10.5. The number of sulfonamides is 1. The molecule has 0 radical (unpaired) electrons. The Morgan fingerprint density at radius 2 is 2.11 bits per heavy atom. The van der Waals surface area contributed by atoms with Crippen molar-refractivity contribution in [2.24, 2.45) is 0 Å². The second-order valence-electron chi connectivity index (χ2n) is 4.16. The molecule has 2 aromatic rings. The lowest BCUT2D eigenvalue weighted by Gasteiger charge is -2.07. The molecule has 0 bridgehead atoms. The van der Waals surface area contributed by atoms with Crippen LogP contribution in [-0.2, 0) is 22.2 Å². The van der Waals surface area contributed by atoms with E-state index in [9.17, 15) is 8.42 Å². The lowest BCUT2D eigenvalue weighted by atomic mass is 10.1. The molecule has 1 aromatic heterocycles. The van der Waals surface area contributed by atoms with Gasteiger partial charge < -0.3 is 0 Å². The number of aromatic nitrogens is 4. The first-order valence-electron chi connectivity index (χ1n) is 5.81. The van der Waals surface area contributed by atoms with E-state index < -0.39 is 10.0 Å². The molecular weight excluding hydrogens is 266 g/mol. The van der Waals surface area contributed by atoms with Crippen LogP contribution in [-0.4, -0.2) is 35.6 Å². The molecular formula is C11H15N5O2S. The van der Waals surface area contributed by atoms with E-state index in [0.717, 1.165) is 11.1 Å². The summed E-state index contributed by atoms with van der Waals surface area (Å²) in [4.78, 5) is 0. The van der Waals surface area contributed by atoms with Gasteiger partial charge in [0.15, 0.2) is 5.82 Å². The van der Waals surface area contributed by atoms with Crippen molar-refractivity contribution in [2.75, 3.05) is 6.54 Å². The van der Waals surface area contributed by atoms with Crippen LogP contribution >= 0.6 is 0 Å². The quantitative estimate of drug-likeness (QED) is 0.786. The van der Waals surface area contributed by atoms with E-state index >= 15 is 0 Å². The van der Waals surface area contributed by atoms with Crippen LogP contribution in [0.1, 0.15) is 17.0 Å². The normalized spacial score (nSPS) is 11.6. The molecule has 0 fully saturated rings. The molecule has 2 N–H and O–H groups in total. The van der Waals surface area contributed by atoms with Gasteiger partial charge in [0.25, 0.3) is 0 Å². The number of aromatic amines is 1. The Balaban J connectivity index is 1.90. The molecule has 2 rings (SSSR count). The van der Waals surface area contributed by atoms with Gasteiger partial charge in [-0.05, 0) is 18.1 Å². The van der Waals surface area contributed by atoms with Gasteiger partial charge in [-0.2, -0.15) is 5.21 Å². The van der Waals surface area contributed by atoms with Gasteiger partial charge in [-0.3, -0.25) is 0 Å². The van der Waals surface area contributed by atoms with E-state index in [-0.39, 0.29) is 12.3 Å². The van der Waals surface area contributed by atoms with Gasteiger partial charge in [-0.25, -0.2) is 13.1 Å². The first-order chi connectivity index (χ1) is 9.07. The summed E-state index contributed by atoms with van der Waals surface area (Å²) in [5.74, 6) is 0.463. The van der Waals surface area contributed by atoms with Crippen LogP contribution in [0.2, 0.25) is 0 Å². The van der Waals surface area contributed by atoms with Crippen LogP contribution in [0.25, 0.3) is 0 Å². The molecule has 0 aliphatic heterocycles. The summed E-state index contributed by atoms with van der Waals surface area (Å²) in [6, 6.07) is 7.42. The van der Waals surface area contributed by atoms with Crippen LogP contribution in [0, 0.1) is 6.92 Å². The maximum atomic E-state index is 11.9. The molecule has 0 aliphatic carbocycles. The summed E-state index contributed by atoms with van der Waals surface area (Å²) >= 11 is 0. The molecule has 1 heterocycles. The Kier molecular flexibility index (Phi) is 4.23. The van der Waals surface area contributed by atoms with Crippen molar-refractivity contribution in [3.63, 3.8) is 0 Å². The Bertz CT molecular complexity index is 624. The molecule has 0 aliphatic rings. The summed E-state index contributed by atoms with van der Waals surface area (Å²) in [6.45, 7) is 2.15. The molecule has 0 unspecified atom stereocenters. The Morgan fingerprint density at radius 3 is 2.79 bits per heavy atom. The summed E-state index contributed by atoms with van der Waals surface area (Å²) in [5, 5.41) is 13.2. The maximum Gasteiger partial charge on any atom is 0.215 e. The van der Waals surface area contributed by atoms with Gasteiger partial charge >= 0.3 is 0 Å². The third-order valence-corrected chi connectivity index (χ3v) is 4.00. The van der Waals surface area contributed by atoms with E-state index in [2.05, 4.69) is 25.3 Å². The maximum absolute atomic E-state index is 11.9. The topological polar surface area (TPSA) is 101 Å². The average molecular weight is 281 g/mol. The molecule has 0 saturated heterocycles. The number of nitrogens with zero attached hydrogens (tertiary/aromatic N) is 3. The Hall–Kier alpha value is -1.80. The number of H-pyrrole nitrogens is 1. The fourth-order valence-corrected chi connectivity index (χ4v) is 2.88. The first kappa shape index (κ1) is 13.6. The number of rotatable bonds is 6. The van der Waals surface area contributed by atoms with Crippen LogP contribution < -0.4 is 4.72 Å². The molecule has 7 nitrogen and oxygen atoms in total. The lowest BCUT2D eigenvalue weighted by molar-refractivity contribution is 0.580. The minimum atomic E-state index is -3.35. The van der Waals surface area contributed by atoms with Crippen molar-refractivity contribution >= 4 is 10.0 Å². The standard InChI is InChI=1S/C11H15N5O2S/c1-9-4-2-3-5-10(9)8-19(17,18)12-7-6-11-13-15-16-14-11/h2-5,12H,6-8H2,1H3,(H,13,14,15,16). The van der Waals surface area contributed by atoms with E-state index in [1.807, 2.05) is 31.2 Å². The van der Waals surface area contributed by atoms with Gasteiger partial charge in [0.1, 0.15) is 0 Å². The summed E-state index contributed by atoms with van der Waals surface area (Å²) in [7, 11) is -3.35. The van der Waals surface area contributed by atoms with Crippen LogP contribution in [0.5, 0.6) is 0 Å². The molecule has 8 heteroatoms. The molecule has 0 amide bonds. The predicted octanol–water partition coefficient (Wildman–Crippen LogP) is 0.170. The third kappa shape index (κ3) is 4.11. The van der Waals surface area contributed by atoms with Gasteiger partial charge in [-0.15, -0.1) is 10.2 Å². The van der Waals surface area contributed by atoms with E-state index in [1.165, 1.54) is 0 Å². The zero-order valence-corrected chi connectivity index (χ0v) is 11.3. The fraction of sp³-hybridized carbons (Fsp3) is 0.364. The van der Waals surface area contributed by atoms with Crippen molar-refractivity contribution in [3.05, 3.63) is 41.2 Å². The van der Waals surface area contributed by atoms with E-state index in [1.54, 1.807) is 0 Å². The van der Waals surface area contributed by atoms with Crippen molar-refractivity contribution < 1.29 is 8.42 Å². The highest BCUT2D eigenvalue weighted by atomic mass is 32.2. The summed E-state index contributed by atoms with van der Waals surface area (Å²) < 4.78 is 26.3. The minimum Gasteiger partial charge on any atom is -0.214 e. The second kappa shape index (κ2) is 5.89. The molecule has 0 saturated carbocycles. The molecule has 1 aromatic carbocycles. The highest BCUT2D eigenvalue weighted by Crippen LogP contribution is 2.10. The van der Waals surface area contributed by atoms with E-state index in [4.69, 9.17) is 0 Å². The number of nitrogens with one attached hydrogen (secondary N) is 2. The van der Waals surface area contributed by atoms with Crippen molar-refractivity contribution in [3.8, 4) is 0 Å². The highest BCUT2D eigenvalue weighted by Gasteiger charge is 2.12. The number of hydrogen-bond donors (Lipinski definition) is 2. The highest BCUT2D eigenvalue weighted by molar-refractivity contribution is 7.88.